The van der Waals surface area contributed by atoms with Gasteiger partial charge in [-0.3, -0.25) is 4.79 Å². The summed E-state index contributed by atoms with van der Waals surface area (Å²) >= 11 is 5.77. The standard InChI is InChI=1S/C18H19ClN2O4S/c19-14-7-8-16(17(22)12-14)20-18(23)13-5-4-6-15(11-13)26(24,25)21-9-2-1-3-10-21/h4-8,11-12,22H,1-3,9-10H2,(H,20,23). The average Bonchev–Trinajstić information content (AvgIpc) is 2.65. The van der Waals surface area contributed by atoms with Gasteiger partial charge in [0, 0.05) is 29.7 Å². The summed E-state index contributed by atoms with van der Waals surface area (Å²) < 4.78 is 27.0. The first-order chi connectivity index (χ1) is 12.4. The number of amides is 1. The van der Waals surface area contributed by atoms with Gasteiger partial charge in [-0.25, -0.2) is 8.42 Å². The van der Waals surface area contributed by atoms with Crippen LogP contribution in [0.5, 0.6) is 5.75 Å². The second kappa shape index (κ2) is 7.65. The number of phenolic OH excluding ortho intramolecular Hbond substituents is 1. The number of aromatic hydroxyl groups is 1. The molecule has 0 spiro atoms. The number of anilines is 1. The predicted molar refractivity (Wildman–Crippen MR) is 100 cm³/mol. The fourth-order valence-corrected chi connectivity index (χ4v) is 4.59. The van der Waals surface area contributed by atoms with Crippen LogP contribution in [0.3, 0.4) is 0 Å². The number of hydrogen-bond donors (Lipinski definition) is 2. The minimum absolute atomic E-state index is 0.0902. The highest BCUT2D eigenvalue weighted by Gasteiger charge is 2.26. The number of halogens is 1. The van der Waals surface area contributed by atoms with E-state index in [0.717, 1.165) is 19.3 Å². The summed E-state index contributed by atoms with van der Waals surface area (Å²) in [5.74, 6) is -0.679. The van der Waals surface area contributed by atoms with E-state index in [9.17, 15) is 18.3 Å². The van der Waals surface area contributed by atoms with Gasteiger partial charge < -0.3 is 10.4 Å². The molecular weight excluding hydrogens is 376 g/mol. The van der Waals surface area contributed by atoms with Gasteiger partial charge in [0.25, 0.3) is 5.91 Å². The molecule has 6 nitrogen and oxygen atoms in total. The SMILES string of the molecule is O=C(Nc1ccc(Cl)cc1O)c1cccc(S(=O)(=O)N2CCCCC2)c1. The number of rotatable bonds is 4. The second-order valence-electron chi connectivity index (χ2n) is 6.11. The van der Waals surface area contributed by atoms with Crippen molar-refractivity contribution in [3.8, 4) is 5.75 Å². The van der Waals surface area contributed by atoms with E-state index in [1.165, 1.54) is 46.8 Å². The molecule has 0 atom stereocenters. The van der Waals surface area contributed by atoms with Crippen LogP contribution in [0.1, 0.15) is 29.6 Å². The van der Waals surface area contributed by atoms with Crippen molar-refractivity contribution in [2.24, 2.45) is 0 Å². The van der Waals surface area contributed by atoms with Crippen LogP contribution in [-0.2, 0) is 10.0 Å². The molecule has 0 aliphatic carbocycles. The maximum Gasteiger partial charge on any atom is 0.255 e. The van der Waals surface area contributed by atoms with E-state index in [2.05, 4.69) is 5.32 Å². The molecule has 1 saturated heterocycles. The molecule has 2 N–H and O–H groups in total. The summed E-state index contributed by atoms with van der Waals surface area (Å²) in [6.45, 7) is 0.995. The lowest BCUT2D eigenvalue weighted by molar-refractivity contribution is 0.102. The Labute approximate surface area is 157 Å². The molecule has 2 aromatic rings. The van der Waals surface area contributed by atoms with Crippen LogP contribution in [-0.4, -0.2) is 36.8 Å². The number of piperidine rings is 1. The van der Waals surface area contributed by atoms with Crippen LogP contribution in [0.2, 0.25) is 5.02 Å². The minimum Gasteiger partial charge on any atom is -0.506 e. The maximum atomic E-state index is 12.8. The van der Waals surface area contributed by atoms with Crippen molar-refractivity contribution in [1.82, 2.24) is 4.31 Å². The topological polar surface area (TPSA) is 86.7 Å². The van der Waals surface area contributed by atoms with Gasteiger partial charge in [0.05, 0.1) is 10.6 Å². The van der Waals surface area contributed by atoms with E-state index in [-0.39, 0.29) is 21.9 Å². The van der Waals surface area contributed by atoms with Gasteiger partial charge >= 0.3 is 0 Å². The smallest absolute Gasteiger partial charge is 0.255 e. The minimum atomic E-state index is -3.62. The van der Waals surface area contributed by atoms with Crippen LogP contribution in [0, 0.1) is 0 Å². The first-order valence-corrected chi connectivity index (χ1v) is 10.1. The van der Waals surface area contributed by atoms with Crippen molar-refractivity contribution in [3.05, 3.63) is 53.1 Å². The van der Waals surface area contributed by atoms with Gasteiger partial charge in [0.1, 0.15) is 5.75 Å². The van der Waals surface area contributed by atoms with Crippen molar-refractivity contribution < 1.29 is 18.3 Å². The van der Waals surface area contributed by atoms with Crippen LogP contribution < -0.4 is 5.32 Å². The van der Waals surface area contributed by atoms with Crippen molar-refractivity contribution in [2.75, 3.05) is 18.4 Å². The molecule has 8 heteroatoms. The lowest BCUT2D eigenvalue weighted by atomic mass is 10.2. The zero-order chi connectivity index (χ0) is 18.7. The summed E-state index contributed by atoms with van der Waals surface area (Å²) in [5.41, 5.74) is 0.390. The summed E-state index contributed by atoms with van der Waals surface area (Å²) in [7, 11) is -3.62. The molecule has 0 saturated carbocycles. The Kier molecular flexibility index (Phi) is 5.50. The number of nitrogens with one attached hydrogen (secondary N) is 1. The highest BCUT2D eigenvalue weighted by molar-refractivity contribution is 7.89. The summed E-state index contributed by atoms with van der Waals surface area (Å²) in [6, 6.07) is 10.2. The normalized spacial score (nSPS) is 15.6. The van der Waals surface area contributed by atoms with Gasteiger partial charge in [0.2, 0.25) is 10.0 Å². The van der Waals surface area contributed by atoms with Crippen LogP contribution >= 0.6 is 11.6 Å². The van der Waals surface area contributed by atoms with E-state index in [4.69, 9.17) is 11.6 Å². The summed E-state index contributed by atoms with van der Waals surface area (Å²) in [5, 5.41) is 12.7. The number of phenols is 1. The van der Waals surface area contributed by atoms with Crippen LogP contribution in [0.15, 0.2) is 47.4 Å². The number of hydrogen-bond acceptors (Lipinski definition) is 4. The molecule has 0 radical (unpaired) electrons. The number of carbonyl (C=O) groups is 1. The molecule has 1 amide bonds. The molecule has 26 heavy (non-hydrogen) atoms. The number of benzene rings is 2. The third-order valence-corrected chi connectivity index (χ3v) is 6.39. The second-order valence-corrected chi connectivity index (χ2v) is 8.48. The number of sulfonamides is 1. The Bertz CT molecular complexity index is 925. The Morgan fingerprint density at radius 3 is 2.50 bits per heavy atom. The highest BCUT2D eigenvalue weighted by atomic mass is 35.5. The van der Waals surface area contributed by atoms with Crippen molar-refractivity contribution in [2.45, 2.75) is 24.2 Å². The van der Waals surface area contributed by atoms with Gasteiger partial charge in [-0.15, -0.1) is 0 Å². The Morgan fingerprint density at radius 2 is 1.81 bits per heavy atom. The molecule has 1 fully saturated rings. The molecule has 2 aromatic carbocycles. The molecule has 0 aromatic heterocycles. The molecule has 3 rings (SSSR count). The predicted octanol–water partition coefficient (Wildman–Crippen LogP) is 3.47. The van der Waals surface area contributed by atoms with Crippen molar-refractivity contribution in [1.29, 1.82) is 0 Å². The zero-order valence-electron chi connectivity index (χ0n) is 14.0. The molecule has 1 aliphatic heterocycles. The quantitative estimate of drug-likeness (QED) is 0.777. The van der Waals surface area contributed by atoms with Crippen molar-refractivity contribution in [3.63, 3.8) is 0 Å². The van der Waals surface area contributed by atoms with E-state index < -0.39 is 15.9 Å². The molecule has 138 valence electrons. The molecular formula is C18H19ClN2O4S. The fraction of sp³-hybridized carbons (Fsp3) is 0.278. The van der Waals surface area contributed by atoms with E-state index in [1.54, 1.807) is 0 Å². The third-order valence-electron chi connectivity index (χ3n) is 4.26. The maximum absolute atomic E-state index is 12.8. The van der Waals surface area contributed by atoms with Crippen LogP contribution in [0.25, 0.3) is 0 Å². The van der Waals surface area contributed by atoms with E-state index in [1.807, 2.05) is 0 Å². The number of carbonyl (C=O) groups excluding carboxylic acids is 1. The van der Waals surface area contributed by atoms with Gasteiger partial charge in [-0.05, 0) is 43.2 Å². The Morgan fingerprint density at radius 1 is 1.08 bits per heavy atom. The largest absolute Gasteiger partial charge is 0.506 e. The highest BCUT2D eigenvalue weighted by Crippen LogP contribution is 2.27. The van der Waals surface area contributed by atoms with Gasteiger partial charge in [-0.1, -0.05) is 24.1 Å². The fourth-order valence-electron chi connectivity index (χ4n) is 2.86. The molecule has 0 bridgehead atoms. The lowest BCUT2D eigenvalue weighted by Gasteiger charge is -2.26. The van der Waals surface area contributed by atoms with Crippen molar-refractivity contribution >= 4 is 33.2 Å². The molecule has 0 unspecified atom stereocenters. The third kappa shape index (κ3) is 4.00. The van der Waals surface area contributed by atoms with Gasteiger partial charge in [0.15, 0.2) is 0 Å². The Hall–Kier alpha value is -2.09. The first-order valence-electron chi connectivity index (χ1n) is 8.28. The van der Waals surface area contributed by atoms with E-state index >= 15 is 0 Å². The molecule has 1 heterocycles. The first kappa shape index (κ1) is 18.7. The summed E-state index contributed by atoms with van der Waals surface area (Å²) in [4.78, 5) is 12.5. The molecule has 1 aliphatic rings. The monoisotopic (exact) mass is 394 g/mol. The Balaban J connectivity index is 1.83. The van der Waals surface area contributed by atoms with E-state index in [0.29, 0.717) is 18.1 Å². The van der Waals surface area contributed by atoms with Crippen LogP contribution in [0.4, 0.5) is 5.69 Å². The lowest BCUT2D eigenvalue weighted by Crippen LogP contribution is -2.35. The van der Waals surface area contributed by atoms with Gasteiger partial charge in [-0.2, -0.15) is 4.31 Å². The zero-order valence-corrected chi connectivity index (χ0v) is 15.6. The number of nitrogens with zero attached hydrogens (tertiary/aromatic N) is 1. The summed E-state index contributed by atoms with van der Waals surface area (Å²) in [6.07, 6.45) is 2.71. The average molecular weight is 395 g/mol.